The number of ether oxygens (including phenoxy) is 1. The van der Waals surface area contributed by atoms with Gasteiger partial charge in [-0.15, -0.1) is 0 Å². The summed E-state index contributed by atoms with van der Waals surface area (Å²) < 4.78 is 52.4. The van der Waals surface area contributed by atoms with Crippen LogP contribution in [0.1, 0.15) is 5.56 Å². The second-order valence-corrected chi connectivity index (χ2v) is 15.6. The Labute approximate surface area is 194 Å². The fraction of sp³-hybridized carbons (Fsp3) is 0.0714. The third-order valence-corrected chi connectivity index (χ3v) is 15.9. The minimum absolute atomic E-state index is 0.407. The van der Waals surface area contributed by atoms with Crippen LogP contribution in [-0.2, 0) is 0 Å². The zero-order valence-corrected chi connectivity index (χ0v) is 20.2. The molecule has 0 unspecified atom stereocenters. The number of methoxy groups -OCH3 is 1. The molecule has 1 nitrogen and oxygen atoms in total. The quantitative estimate of drug-likeness (QED) is 0.322. The van der Waals surface area contributed by atoms with Crippen molar-refractivity contribution in [3.63, 3.8) is 0 Å². The molecule has 0 radical (unpaired) electrons. The molecule has 0 saturated heterocycles. The van der Waals surface area contributed by atoms with Gasteiger partial charge in [0.2, 0.25) is 0 Å². The fourth-order valence-corrected chi connectivity index (χ4v) is 14.5. The molecular weight excluding hydrogens is 482 g/mol. The molecule has 0 amide bonds. The average Bonchev–Trinajstić information content (AvgIpc) is 2.85. The SMILES string of the molecule is COc1ccccc1/C=[C](/C(F)(F)F)[Ge]([c]1ccccc1)([c]1ccccc1)[c]1ccccc1. The molecule has 33 heavy (non-hydrogen) atoms. The van der Waals surface area contributed by atoms with Crippen molar-refractivity contribution >= 4 is 32.5 Å². The van der Waals surface area contributed by atoms with Gasteiger partial charge in [-0.3, -0.25) is 0 Å². The van der Waals surface area contributed by atoms with Crippen LogP contribution in [-0.4, -0.2) is 26.6 Å². The summed E-state index contributed by atoms with van der Waals surface area (Å²) in [5.74, 6) is 0.407. The number of benzene rings is 4. The van der Waals surface area contributed by atoms with Crippen LogP contribution in [0.3, 0.4) is 0 Å². The molecule has 0 saturated carbocycles. The van der Waals surface area contributed by atoms with Crippen molar-refractivity contribution in [2.45, 2.75) is 6.18 Å². The van der Waals surface area contributed by atoms with Gasteiger partial charge in [0, 0.05) is 0 Å². The summed E-state index contributed by atoms with van der Waals surface area (Å²) in [6, 6.07) is 34.3. The Bertz CT molecular complexity index is 1120. The van der Waals surface area contributed by atoms with Crippen molar-refractivity contribution in [1.29, 1.82) is 0 Å². The number of allylic oxidation sites excluding steroid dienone is 1. The van der Waals surface area contributed by atoms with E-state index < -0.39 is 23.8 Å². The Hall–Kier alpha value is -3.25. The molecule has 0 bridgehead atoms. The molecule has 0 heterocycles. The van der Waals surface area contributed by atoms with E-state index in [1.807, 2.05) is 91.0 Å². The first-order chi connectivity index (χ1) is 16.0. The normalized spacial score (nSPS) is 12.4. The van der Waals surface area contributed by atoms with Gasteiger partial charge in [0.1, 0.15) is 0 Å². The van der Waals surface area contributed by atoms with Gasteiger partial charge in [0.25, 0.3) is 0 Å². The molecule has 0 aliphatic heterocycles. The molecule has 0 aliphatic carbocycles. The maximum atomic E-state index is 15.1. The molecule has 0 N–H and O–H groups in total. The Kier molecular flexibility index (Phi) is 6.75. The van der Waals surface area contributed by atoms with Gasteiger partial charge in [0.15, 0.2) is 0 Å². The Morgan fingerprint density at radius 2 is 1.03 bits per heavy atom. The zero-order valence-electron chi connectivity index (χ0n) is 18.1. The van der Waals surface area contributed by atoms with Crippen LogP contribution in [0.15, 0.2) is 120 Å². The summed E-state index contributed by atoms with van der Waals surface area (Å²) in [6.45, 7) is 0. The summed E-state index contributed by atoms with van der Waals surface area (Å²) in [6.07, 6.45) is -3.26. The Morgan fingerprint density at radius 1 is 0.636 bits per heavy atom. The number of hydrogen-bond acceptors (Lipinski definition) is 1. The van der Waals surface area contributed by atoms with Crippen molar-refractivity contribution in [1.82, 2.24) is 0 Å². The van der Waals surface area contributed by atoms with Crippen molar-refractivity contribution in [3.8, 4) is 5.75 Å². The van der Waals surface area contributed by atoms with Crippen LogP contribution in [0.2, 0.25) is 0 Å². The van der Waals surface area contributed by atoms with Gasteiger partial charge < -0.3 is 0 Å². The third-order valence-electron chi connectivity index (χ3n) is 5.77. The fourth-order valence-electron chi connectivity index (χ4n) is 4.37. The number of para-hydroxylation sites is 1. The van der Waals surface area contributed by atoms with Crippen molar-refractivity contribution in [2.24, 2.45) is 0 Å². The predicted octanol–water partition coefficient (Wildman–Crippen LogP) is 5.35. The van der Waals surface area contributed by atoms with Gasteiger partial charge in [-0.05, 0) is 0 Å². The van der Waals surface area contributed by atoms with E-state index in [1.165, 1.54) is 13.2 Å². The maximum absolute atomic E-state index is 15.1. The van der Waals surface area contributed by atoms with Gasteiger partial charge in [-0.2, -0.15) is 0 Å². The van der Waals surface area contributed by atoms with Crippen LogP contribution in [0.4, 0.5) is 13.2 Å². The van der Waals surface area contributed by atoms with Gasteiger partial charge >= 0.3 is 195 Å². The van der Waals surface area contributed by atoms with E-state index in [-0.39, 0.29) is 0 Å². The summed E-state index contributed by atoms with van der Waals surface area (Å²) in [7, 11) is 1.47. The minimum atomic E-state index is -4.55. The van der Waals surface area contributed by atoms with Crippen LogP contribution >= 0.6 is 0 Å². The zero-order chi connectivity index (χ0) is 23.3. The van der Waals surface area contributed by atoms with E-state index in [9.17, 15) is 0 Å². The van der Waals surface area contributed by atoms with Crippen molar-refractivity contribution < 1.29 is 17.9 Å². The summed E-state index contributed by atoms with van der Waals surface area (Å²) in [5, 5.41) is 0. The molecule has 0 aliphatic rings. The van der Waals surface area contributed by atoms with E-state index in [2.05, 4.69) is 0 Å². The number of halogens is 3. The standard InChI is InChI=1S/C28H23F3GeO/c1-33-26-20-12-11-13-22(26)21-27(28(29,30)31)32(23-14-5-2-6-15-23,24-16-7-3-8-17-24)25-18-9-4-10-19-25/h2-21H,1H3/b27-21-. The summed E-state index contributed by atoms with van der Waals surface area (Å²) >= 11 is -4.47. The van der Waals surface area contributed by atoms with Gasteiger partial charge in [-0.25, -0.2) is 0 Å². The van der Waals surface area contributed by atoms with E-state index in [1.54, 1.807) is 24.3 Å². The molecule has 4 rings (SSSR count). The molecule has 4 aromatic carbocycles. The van der Waals surface area contributed by atoms with Gasteiger partial charge in [0.05, 0.1) is 0 Å². The topological polar surface area (TPSA) is 9.23 Å². The van der Waals surface area contributed by atoms with E-state index >= 15 is 13.2 Å². The number of rotatable bonds is 6. The first-order valence-electron chi connectivity index (χ1n) is 10.6. The molecule has 0 aromatic heterocycles. The van der Waals surface area contributed by atoms with E-state index in [0.717, 1.165) is 0 Å². The van der Waals surface area contributed by atoms with Crippen molar-refractivity contribution in [3.05, 3.63) is 125 Å². The first-order valence-corrected chi connectivity index (χ1v) is 14.8. The molecule has 0 spiro atoms. The number of alkyl halides is 3. The third kappa shape index (κ3) is 4.48. The monoisotopic (exact) mass is 506 g/mol. The molecular formula is C28H23F3GeO. The average molecular weight is 505 g/mol. The van der Waals surface area contributed by atoms with E-state index in [0.29, 0.717) is 24.5 Å². The first kappa shape index (κ1) is 22.9. The second-order valence-electron chi connectivity index (χ2n) is 7.65. The van der Waals surface area contributed by atoms with Crippen LogP contribution in [0.5, 0.6) is 5.75 Å². The second kappa shape index (κ2) is 9.71. The van der Waals surface area contributed by atoms with Crippen LogP contribution in [0, 0.1) is 0 Å². The molecule has 0 fully saturated rings. The van der Waals surface area contributed by atoms with E-state index in [4.69, 9.17) is 4.74 Å². The summed E-state index contributed by atoms with van der Waals surface area (Å²) in [5.41, 5.74) is 0.408. The Balaban J connectivity index is 2.18. The summed E-state index contributed by atoms with van der Waals surface area (Å²) in [4.78, 5) is 0. The molecule has 5 heteroatoms. The van der Waals surface area contributed by atoms with Crippen LogP contribution < -0.4 is 17.9 Å². The van der Waals surface area contributed by atoms with Crippen molar-refractivity contribution in [2.75, 3.05) is 7.11 Å². The molecule has 4 aromatic rings. The molecule has 166 valence electrons. The Morgan fingerprint density at radius 3 is 1.42 bits per heavy atom. The van der Waals surface area contributed by atoms with Gasteiger partial charge in [-0.1, -0.05) is 0 Å². The molecule has 0 atom stereocenters. The van der Waals surface area contributed by atoms with Crippen LogP contribution in [0.25, 0.3) is 6.08 Å². The number of hydrogen-bond donors (Lipinski definition) is 0. The predicted molar refractivity (Wildman–Crippen MR) is 131 cm³/mol.